The topological polar surface area (TPSA) is 80.4 Å². The first-order valence-corrected chi connectivity index (χ1v) is 7.51. The Hall–Kier alpha value is -2.11. The second-order valence-corrected chi connectivity index (χ2v) is 5.87. The van der Waals surface area contributed by atoms with Crippen LogP contribution >= 0.6 is 23.2 Å². The van der Waals surface area contributed by atoms with Gasteiger partial charge in [0.1, 0.15) is 5.75 Å². The molecule has 120 valence electrons. The lowest BCUT2D eigenvalue weighted by Crippen LogP contribution is -2.16. The number of phenols is 1. The monoisotopic (exact) mass is 353 g/mol. The van der Waals surface area contributed by atoms with Gasteiger partial charge in [-0.25, -0.2) is 0 Å². The van der Waals surface area contributed by atoms with E-state index >= 15 is 0 Å². The summed E-state index contributed by atoms with van der Waals surface area (Å²) in [5, 5.41) is 20.8. The van der Waals surface area contributed by atoms with Crippen LogP contribution in [0.1, 0.15) is 28.3 Å². The van der Waals surface area contributed by atoms with Crippen LogP contribution in [0.5, 0.6) is 5.75 Å². The second-order valence-electron chi connectivity index (χ2n) is 5.06. The standard InChI is InChI=1S/C16H13Cl2NO4/c17-14-6-3-11(7-15(14)18)12(9-19(22)23)8-16(21)10-1-4-13(20)5-2-10/h1-7,12,20H,8-9H2. The van der Waals surface area contributed by atoms with Gasteiger partial charge in [-0.2, -0.15) is 0 Å². The molecule has 2 aromatic carbocycles. The van der Waals surface area contributed by atoms with Crippen molar-refractivity contribution in [2.45, 2.75) is 12.3 Å². The van der Waals surface area contributed by atoms with Crippen molar-refractivity contribution in [3.8, 4) is 5.75 Å². The molecule has 2 rings (SSSR count). The van der Waals surface area contributed by atoms with Gasteiger partial charge in [0, 0.05) is 16.9 Å². The smallest absolute Gasteiger partial charge is 0.211 e. The Morgan fingerprint density at radius 2 is 1.78 bits per heavy atom. The van der Waals surface area contributed by atoms with Crippen LogP contribution in [0.2, 0.25) is 10.0 Å². The molecule has 0 aliphatic rings. The summed E-state index contributed by atoms with van der Waals surface area (Å²) in [6, 6.07) is 10.5. The average molecular weight is 354 g/mol. The second kappa shape index (κ2) is 7.44. The maximum atomic E-state index is 12.3. The summed E-state index contributed by atoms with van der Waals surface area (Å²) in [5.41, 5.74) is 0.972. The number of nitrogens with zero attached hydrogens (tertiary/aromatic N) is 1. The van der Waals surface area contributed by atoms with Crippen LogP contribution in [-0.2, 0) is 0 Å². The van der Waals surface area contributed by atoms with E-state index in [1.165, 1.54) is 24.3 Å². The maximum Gasteiger partial charge on any atom is 0.211 e. The molecule has 1 unspecified atom stereocenters. The third kappa shape index (κ3) is 4.68. The molecule has 1 N–H and O–H groups in total. The molecule has 7 heteroatoms. The van der Waals surface area contributed by atoms with Gasteiger partial charge in [0.25, 0.3) is 0 Å². The van der Waals surface area contributed by atoms with E-state index in [0.29, 0.717) is 16.1 Å². The largest absolute Gasteiger partial charge is 0.508 e. The molecule has 0 bridgehead atoms. The predicted octanol–water partition coefficient (Wildman–Crippen LogP) is 4.33. The zero-order chi connectivity index (χ0) is 17.0. The van der Waals surface area contributed by atoms with E-state index in [1.54, 1.807) is 18.2 Å². The van der Waals surface area contributed by atoms with Crippen molar-refractivity contribution in [1.82, 2.24) is 0 Å². The molecule has 0 aliphatic heterocycles. The van der Waals surface area contributed by atoms with E-state index < -0.39 is 10.8 Å². The summed E-state index contributed by atoms with van der Waals surface area (Å²) in [6.45, 7) is -0.387. The number of ketones is 1. The summed E-state index contributed by atoms with van der Waals surface area (Å²) >= 11 is 11.8. The molecule has 0 radical (unpaired) electrons. The summed E-state index contributed by atoms with van der Waals surface area (Å²) < 4.78 is 0. The van der Waals surface area contributed by atoms with E-state index in [9.17, 15) is 20.0 Å². The summed E-state index contributed by atoms with van der Waals surface area (Å²) in [7, 11) is 0. The van der Waals surface area contributed by atoms with Crippen molar-refractivity contribution in [1.29, 1.82) is 0 Å². The quantitative estimate of drug-likeness (QED) is 0.476. The van der Waals surface area contributed by atoms with Crippen molar-refractivity contribution in [2.24, 2.45) is 0 Å². The highest BCUT2D eigenvalue weighted by Gasteiger charge is 2.23. The van der Waals surface area contributed by atoms with E-state index in [-0.39, 0.29) is 29.5 Å². The van der Waals surface area contributed by atoms with Crippen molar-refractivity contribution < 1.29 is 14.8 Å². The number of Topliss-reactive ketones (excluding diaryl/α,β-unsaturated/α-hetero) is 1. The normalized spacial score (nSPS) is 11.9. The van der Waals surface area contributed by atoms with Crippen LogP contribution in [0.15, 0.2) is 42.5 Å². The minimum Gasteiger partial charge on any atom is -0.508 e. The molecule has 0 amide bonds. The number of hydrogen-bond donors (Lipinski definition) is 1. The van der Waals surface area contributed by atoms with Crippen LogP contribution in [0.3, 0.4) is 0 Å². The fourth-order valence-corrected chi connectivity index (χ4v) is 2.53. The van der Waals surface area contributed by atoms with Gasteiger partial charge in [-0.15, -0.1) is 0 Å². The van der Waals surface area contributed by atoms with E-state index in [4.69, 9.17) is 23.2 Å². The molecule has 0 heterocycles. The summed E-state index contributed by atoms with van der Waals surface area (Å²) in [4.78, 5) is 22.7. The van der Waals surface area contributed by atoms with Gasteiger partial charge in [-0.05, 0) is 42.0 Å². The van der Waals surface area contributed by atoms with Crippen molar-refractivity contribution in [2.75, 3.05) is 6.54 Å². The first-order valence-electron chi connectivity index (χ1n) is 6.76. The van der Waals surface area contributed by atoms with Gasteiger partial charge in [-0.1, -0.05) is 29.3 Å². The minimum atomic E-state index is -0.610. The molecule has 0 saturated carbocycles. The summed E-state index contributed by atoms with van der Waals surface area (Å²) in [6.07, 6.45) is -0.0380. The van der Waals surface area contributed by atoms with Crippen LogP contribution in [0.25, 0.3) is 0 Å². The lowest BCUT2D eigenvalue weighted by Gasteiger charge is -2.13. The molecule has 0 aromatic heterocycles. The van der Waals surface area contributed by atoms with Gasteiger partial charge in [0.2, 0.25) is 6.54 Å². The zero-order valence-corrected chi connectivity index (χ0v) is 13.4. The van der Waals surface area contributed by atoms with E-state index in [0.717, 1.165) is 0 Å². The van der Waals surface area contributed by atoms with Crippen LogP contribution in [-0.4, -0.2) is 22.4 Å². The third-order valence-electron chi connectivity index (χ3n) is 3.41. The Labute approximate surface area is 142 Å². The molecule has 0 fully saturated rings. The number of rotatable bonds is 6. The molecule has 23 heavy (non-hydrogen) atoms. The van der Waals surface area contributed by atoms with Crippen LogP contribution < -0.4 is 0 Å². The molecular formula is C16H13Cl2NO4. The van der Waals surface area contributed by atoms with Crippen molar-refractivity contribution in [3.05, 3.63) is 73.8 Å². The Balaban J connectivity index is 2.24. The number of phenolic OH excluding ortho intramolecular Hbond substituents is 1. The minimum absolute atomic E-state index is 0.0380. The fraction of sp³-hybridized carbons (Fsp3) is 0.188. The maximum absolute atomic E-state index is 12.3. The number of aromatic hydroxyl groups is 1. The van der Waals surface area contributed by atoms with Crippen molar-refractivity contribution >= 4 is 29.0 Å². The molecule has 1 atom stereocenters. The van der Waals surface area contributed by atoms with Crippen molar-refractivity contribution in [3.63, 3.8) is 0 Å². The van der Waals surface area contributed by atoms with Gasteiger partial charge >= 0.3 is 0 Å². The van der Waals surface area contributed by atoms with E-state index in [2.05, 4.69) is 0 Å². The number of carbonyl (C=O) groups excluding carboxylic acids is 1. The van der Waals surface area contributed by atoms with Gasteiger partial charge in [0.05, 0.1) is 16.0 Å². The SMILES string of the molecule is O=C(CC(C[N+](=O)[O-])c1ccc(Cl)c(Cl)c1)c1ccc(O)cc1. The Kier molecular flexibility index (Phi) is 5.58. The van der Waals surface area contributed by atoms with Gasteiger partial charge < -0.3 is 5.11 Å². The highest BCUT2D eigenvalue weighted by atomic mass is 35.5. The molecule has 0 saturated heterocycles. The van der Waals surface area contributed by atoms with Crippen LogP contribution in [0.4, 0.5) is 0 Å². The zero-order valence-electron chi connectivity index (χ0n) is 11.9. The molecule has 0 spiro atoms. The Bertz CT molecular complexity index is 731. The van der Waals surface area contributed by atoms with Gasteiger partial charge in [-0.3, -0.25) is 14.9 Å². The Morgan fingerprint density at radius 3 is 2.35 bits per heavy atom. The van der Waals surface area contributed by atoms with Gasteiger partial charge in [0.15, 0.2) is 5.78 Å². The first kappa shape index (κ1) is 17.2. The number of carbonyl (C=O) groups is 1. The molecule has 5 nitrogen and oxygen atoms in total. The highest BCUT2D eigenvalue weighted by molar-refractivity contribution is 6.42. The fourth-order valence-electron chi connectivity index (χ4n) is 2.22. The lowest BCUT2D eigenvalue weighted by atomic mass is 9.91. The predicted molar refractivity (Wildman–Crippen MR) is 88.1 cm³/mol. The Morgan fingerprint density at radius 1 is 1.13 bits per heavy atom. The first-order chi connectivity index (χ1) is 10.9. The molecule has 0 aliphatic carbocycles. The summed E-state index contributed by atoms with van der Waals surface area (Å²) in [5.74, 6) is -0.808. The lowest BCUT2D eigenvalue weighted by molar-refractivity contribution is -0.483. The molecular weight excluding hydrogens is 341 g/mol. The number of nitro groups is 1. The number of benzene rings is 2. The molecule has 2 aromatic rings. The highest BCUT2D eigenvalue weighted by Crippen LogP contribution is 2.29. The third-order valence-corrected chi connectivity index (χ3v) is 4.14. The number of halogens is 2. The average Bonchev–Trinajstić information content (AvgIpc) is 2.49. The van der Waals surface area contributed by atoms with Crippen LogP contribution in [0, 0.1) is 10.1 Å². The number of hydrogen-bond acceptors (Lipinski definition) is 4. The van der Waals surface area contributed by atoms with E-state index in [1.807, 2.05) is 0 Å².